The van der Waals surface area contributed by atoms with E-state index in [0.717, 1.165) is 18.2 Å². The second-order valence-electron chi connectivity index (χ2n) is 4.63. The summed E-state index contributed by atoms with van der Waals surface area (Å²) >= 11 is 5.62. The zero-order chi connectivity index (χ0) is 16.7. The van der Waals surface area contributed by atoms with Crippen LogP contribution in [-0.2, 0) is 0 Å². The molecule has 22 heavy (non-hydrogen) atoms. The van der Waals surface area contributed by atoms with Gasteiger partial charge in [0.15, 0.2) is 6.10 Å². The number of pyridine rings is 1. The number of hydrogen-bond acceptors (Lipinski definition) is 3. The van der Waals surface area contributed by atoms with Gasteiger partial charge in [-0.2, -0.15) is 13.2 Å². The Morgan fingerprint density at radius 1 is 1.23 bits per heavy atom. The van der Waals surface area contributed by atoms with Crippen LogP contribution in [0.4, 0.5) is 17.6 Å². The van der Waals surface area contributed by atoms with Crippen molar-refractivity contribution in [2.45, 2.75) is 19.2 Å². The van der Waals surface area contributed by atoms with Crippen LogP contribution in [-0.4, -0.2) is 21.4 Å². The second kappa shape index (κ2) is 5.73. The smallest absolute Gasteiger partial charge is 0.420 e. The molecule has 1 unspecified atom stereocenters. The third-order valence-corrected chi connectivity index (χ3v) is 3.28. The first-order chi connectivity index (χ1) is 10.1. The number of aryl methyl sites for hydroxylation is 1. The Hall–Kier alpha value is -1.86. The van der Waals surface area contributed by atoms with Crippen LogP contribution >= 0.6 is 11.6 Å². The molecule has 0 amide bonds. The molecule has 2 rings (SSSR count). The van der Waals surface area contributed by atoms with E-state index in [0.29, 0.717) is 0 Å². The first-order valence-corrected chi connectivity index (χ1v) is 6.39. The molecule has 0 aliphatic rings. The van der Waals surface area contributed by atoms with Gasteiger partial charge in [-0.1, -0.05) is 11.6 Å². The highest BCUT2D eigenvalue weighted by molar-refractivity contribution is 6.31. The zero-order valence-corrected chi connectivity index (χ0v) is 11.9. The molecular formula is C14H10ClF4NO2. The minimum atomic E-state index is -4.89. The minimum absolute atomic E-state index is 0.0868. The number of nitrogens with zero attached hydrogens (tertiary/aromatic N) is 1. The van der Waals surface area contributed by atoms with Crippen LogP contribution in [0, 0.1) is 12.7 Å². The highest BCUT2D eigenvalue weighted by Gasteiger charge is 2.40. The van der Waals surface area contributed by atoms with Crippen LogP contribution in [0.3, 0.4) is 0 Å². The van der Waals surface area contributed by atoms with Crippen molar-refractivity contribution in [2.75, 3.05) is 0 Å². The van der Waals surface area contributed by atoms with E-state index < -0.39 is 23.8 Å². The van der Waals surface area contributed by atoms with Crippen molar-refractivity contribution < 1.29 is 27.8 Å². The molecular weight excluding hydrogens is 326 g/mol. The molecule has 3 nitrogen and oxygen atoms in total. The van der Waals surface area contributed by atoms with E-state index in [1.807, 2.05) is 0 Å². The molecule has 0 spiro atoms. The number of aromatic hydroxyl groups is 1. The molecule has 2 N–H and O–H groups in total. The molecule has 1 heterocycles. The Labute approximate surface area is 127 Å². The minimum Gasteiger partial charge on any atom is -0.505 e. The van der Waals surface area contributed by atoms with E-state index in [-0.39, 0.29) is 27.6 Å². The van der Waals surface area contributed by atoms with E-state index in [4.69, 9.17) is 11.6 Å². The number of halogens is 5. The Balaban J connectivity index is 2.60. The summed E-state index contributed by atoms with van der Waals surface area (Å²) in [6.45, 7) is 1.36. The van der Waals surface area contributed by atoms with Crippen LogP contribution < -0.4 is 0 Å². The third-order valence-electron chi connectivity index (χ3n) is 2.99. The molecule has 2 aromatic rings. The molecule has 0 aliphatic carbocycles. The summed E-state index contributed by atoms with van der Waals surface area (Å²) < 4.78 is 50.9. The molecule has 0 aliphatic heterocycles. The maximum absolute atomic E-state index is 13.2. The van der Waals surface area contributed by atoms with Gasteiger partial charge in [-0.05, 0) is 36.8 Å². The molecule has 0 saturated carbocycles. The van der Waals surface area contributed by atoms with Gasteiger partial charge in [0.25, 0.3) is 0 Å². The van der Waals surface area contributed by atoms with Crippen molar-refractivity contribution in [1.29, 1.82) is 0 Å². The van der Waals surface area contributed by atoms with Crippen LogP contribution in [0.2, 0.25) is 5.02 Å². The summed E-state index contributed by atoms with van der Waals surface area (Å²) in [4.78, 5) is 3.64. The standard InChI is InChI=1S/C14H10ClF4NO2/c1-6-4-10(13(22)14(17,18)19)20-11(12(6)21)7-2-3-9(16)8(15)5-7/h2-5,13,21-22H,1H3. The summed E-state index contributed by atoms with van der Waals surface area (Å²) in [5.74, 6) is -1.09. The van der Waals surface area contributed by atoms with Crippen molar-refractivity contribution >= 4 is 11.6 Å². The number of hydrogen-bond donors (Lipinski definition) is 2. The maximum atomic E-state index is 13.2. The highest BCUT2D eigenvalue weighted by atomic mass is 35.5. The van der Waals surface area contributed by atoms with E-state index >= 15 is 0 Å². The SMILES string of the molecule is Cc1cc(C(O)C(F)(F)F)nc(-c2ccc(F)c(Cl)c2)c1O. The third kappa shape index (κ3) is 3.15. The molecule has 1 aromatic carbocycles. The number of rotatable bonds is 2. The quantitative estimate of drug-likeness (QED) is 0.811. The van der Waals surface area contributed by atoms with Crippen molar-refractivity contribution in [3.8, 4) is 17.0 Å². The average molecular weight is 336 g/mol. The van der Waals surface area contributed by atoms with E-state index in [1.54, 1.807) is 0 Å². The molecule has 0 fully saturated rings. The number of aliphatic hydroxyl groups excluding tert-OH is 1. The molecule has 0 saturated heterocycles. The summed E-state index contributed by atoms with van der Waals surface area (Å²) in [6.07, 6.45) is -7.69. The first kappa shape index (κ1) is 16.5. The van der Waals surface area contributed by atoms with Gasteiger partial charge in [0.1, 0.15) is 17.3 Å². The summed E-state index contributed by atoms with van der Waals surface area (Å²) in [5, 5.41) is 19.0. The summed E-state index contributed by atoms with van der Waals surface area (Å²) in [5.41, 5.74) is -0.676. The van der Waals surface area contributed by atoms with Gasteiger partial charge in [-0.25, -0.2) is 9.37 Å². The van der Waals surface area contributed by atoms with Gasteiger partial charge in [0.05, 0.1) is 10.7 Å². The number of benzene rings is 1. The summed E-state index contributed by atoms with van der Waals surface area (Å²) in [7, 11) is 0. The lowest BCUT2D eigenvalue weighted by atomic mass is 10.1. The van der Waals surface area contributed by atoms with E-state index in [1.165, 1.54) is 13.0 Å². The van der Waals surface area contributed by atoms with Crippen LogP contribution in [0.25, 0.3) is 11.3 Å². The molecule has 0 radical (unpaired) electrons. The second-order valence-corrected chi connectivity index (χ2v) is 5.04. The normalized spacial score (nSPS) is 13.2. The lowest BCUT2D eigenvalue weighted by Gasteiger charge is -2.17. The van der Waals surface area contributed by atoms with Crippen LogP contribution in [0.1, 0.15) is 17.4 Å². The van der Waals surface area contributed by atoms with Gasteiger partial charge in [0.2, 0.25) is 0 Å². The molecule has 118 valence electrons. The van der Waals surface area contributed by atoms with Gasteiger partial charge in [-0.3, -0.25) is 0 Å². The Kier molecular flexibility index (Phi) is 4.30. The zero-order valence-electron chi connectivity index (χ0n) is 11.1. The summed E-state index contributed by atoms with van der Waals surface area (Å²) in [6, 6.07) is 4.28. The topological polar surface area (TPSA) is 53.4 Å². The van der Waals surface area contributed by atoms with E-state index in [9.17, 15) is 27.8 Å². The van der Waals surface area contributed by atoms with Gasteiger partial charge < -0.3 is 10.2 Å². The highest BCUT2D eigenvalue weighted by Crippen LogP contribution is 2.37. The van der Waals surface area contributed by atoms with Crippen LogP contribution in [0.15, 0.2) is 24.3 Å². The number of aliphatic hydroxyl groups is 1. The monoisotopic (exact) mass is 335 g/mol. The van der Waals surface area contributed by atoms with Gasteiger partial charge in [0, 0.05) is 5.56 Å². The van der Waals surface area contributed by atoms with Crippen molar-refractivity contribution in [3.63, 3.8) is 0 Å². The van der Waals surface area contributed by atoms with E-state index in [2.05, 4.69) is 4.98 Å². The Morgan fingerprint density at radius 3 is 2.41 bits per heavy atom. The average Bonchev–Trinajstić information content (AvgIpc) is 2.43. The van der Waals surface area contributed by atoms with Crippen molar-refractivity contribution in [3.05, 3.63) is 46.4 Å². The maximum Gasteiger partial charge on any atom is 0.420 e. The molecule has 8 heteroatoms. The lowest BCUT2D eigenvalue weighted by molar-refractivity contribution is -0.207. The van der Waals surface area contributed by atoms with Gasteiger partial charge in [-0.15, -0.1) is 0 Å². The predicted molar refractivity (Wildman–Crippen MR) is 72.1 cm³/mol. The predicted octanol–water partition coefficient (Wildman–Crippen LogP) is 4.15. The number of aromatic nitrogens is 1. The van der Waals surface area contributed by atoms with Crippen LogP contribution in [0.5, 0.6) is 5.75 Å². The fourth-order valence-corrected chi connectivity index (χ4v) is 2.02. The number of alkyl halides is 3. The fourth-order valence-electron chi connectivity index (χ4n) is 1.84. The molecule has 1 atom stereocenters. The van der Waals surface area contributed by atoms with Crippen molar-refractivity contribution in [1.82, 2.24) is 4.98 Å². The lowest BCUT2D eigenvalue weighted by Crippen LogP contribution is -2.21. The van der Waals surface area contributed by atoms with Crippen molar-refractivity contribution in [2.24, 2.45) is 0 Å². The van der Waals surface area contributed by atoms with Gasteiger partial charge >= 0.3 is 6.18 Å². The largest absolute Gasteiger partial charge is 0.505 e. The Morgan fingerprint density at radius 2 is 1.86 bits per heavy atom. The molecule has 1 aromatic heterocycles. The Bertz CT molecular complexity index is 719. The fraction of sp³-hybridized carbons (Fsp3) is 0.214. The first-order valence-electron chi connectivity index (χ1n) is 6.02. The molecule has 0 bridgehead atoms.